The first kappa shape index (κ1) is 20.5. The molecule has 5 nitrogen and oxygen atoms in total. The lowest BCUT2D eigenvalue weighted by Crippen LogP contribution is -2.30. The molecule has 1 heterocycles. The van der Waals surface area contributed by atoms with Crippen molar-refractivity contribution in [2.75, 3.05) is 29.6 Å². The van der Waals surface area contributed by atoms with E-state index in [1.54, 1.807) is 47.8 Å². The van der Waals surface area contributed by atoms with Gasteiger partial charge in [0.25, 0.3) is 11.8 Å². The van der Waals surface area contributed by atoms with Gasteiger partial charge in [0.15, 0.2) is 0 Å². The summed E-state index contributed by atoms with van der Waals surface area (Å²) < 4.78 is 0. The molecule has 0 aliphatic carbocycles. The summed E-state index contributed by atoms with van der Waals surface area (Å²) in [6.07, 6.45) is 3.57. The molecule has 0 saturated carbocycles. The van der Waals surface area contributed by atoms with E-state index in [0.29, 0.717) is 23.4 Å². The van der Waals surface area contributed by atoms with Gasteiger partial charge in [-0.25, -0.2) is 0 Å². The number of carbonyl (C=O) groups excluding carboxylic acids is 3. The molecule has 2 aromatic carbocycles. The molecule has 2 aromatic rings. The second-order valence-corrected chi connectivity index (χ2v) is 8.33. The Morgan fingerprint density at radius 1 is 1.00 bits per heavy atom. The first-order chi connectivity index (χ1) is 13.6. The highest BCUT2D eigenvalue weighted by molar-refractivity contribution is 8.00. The molecule has 0 unspecified atom stereocenters. The van der Waals surface area contributed by atoms with Crippen LogP contribution < -0.4 is 5.32 Å². The number of fused-ring (bicyclic) bond motifs is 1. The van der Waals surface area contributed by atoms with Gasteiger partial charge in [0.1, 0.15) is 0 Å². The predicted molar refractivity (Wildman–Crippen MR) is 115 cm³/mol. The minimum Gasteiger partial charge on any atom is -0.325 e. The van der Waals surface area contributed by atoms with Crippen molar-refractivity contribution in [3.8, 4) is 0 Å². The number of thioether (sulfide) groups is 2. The van der Waals surface area contributed by atoms with Crippen molar-refractivity contribution in [1.82, 2.24) is 4.90 Å². The second-order valence-electron chi connectivity index (χ2n) is 6.35. The van der Waals surface area contributed by atoms with Crippen LogP contribution in [0, 0.1) is 0 Å². The Balaban J connectivity index is 1.34. The van der Waals surface area contributed by atoms with Gasteiger partial charge in [-0.2, -0.15) is 11.8 Å². The average Bonchev–Trinajstić information content (AvgIpc) is 2.95. The van der Waals surface area contributed by atoms with Crippen LogP contribution in [0.3, 0.4) is 0 Å². The zero-order valence-corrected chi connectivity index (χ0v) is 17.3. The summed E-state index contributed by atoms with van der Waals surface area (Å²) >= 11 is 3.19. The minimum atomic E-state index is -0.208. The van der Waals surface area contributed by atoms with Crippen LogP contribution in [-0.2, 0) is 4.79 Å². The lowest BCUT2D eigenvalue weighted by atomic mass is 10.1. The maximum absolute atomic E-state index is 12.3. The molecule has 146 valence electrons. The molecule has 0 spiro atoms. The van der Waals surface area contributed by atoms with Gasteiger partial charge < -0.3 is 5.32 Å². The van der Waals surface area contributed by atoms with E-state index in [1.165, 1.54) is 4.90 Å². The van der Waals surface area contributed by atoms with Gasteiger partial charge in [-0.15, -0.1) is 11.8 Å². The van der Waals surface area contributed by atoms with Crippen LogP contribution >= 0.6 is 23.5 Å². The Hall–Kier alpha value is -2.25. The summed E-state index contributed by atoms with van der Waals surface area (Å²) in [6.45, 7) is 0.417. The summed E-state index contributed by atoms with van der Waals surface area (Å²) in [6, 6.07) is 14.7. The van der Waals surface area contributed by atoms with E-state index in [9.17, 15) is 14.4 Å². The van der Waals surface area contributed by atoms with Crippen molar-refractivity contribution in [3.05, 3.63) is 59.7 Å². The Kier molecular flexibility index (Phi) is 7.17. The topological polar surface area (TPSA) is 66.5 Å². The number of nitrogens with one attached hydrogen (secondary N) is 1. The normalized spacial score (nSPS) is 13.0. The van der Waals surface area contributed by atoms with Crippen LogP contribution in [-0.4, -0.2) is 46.9 Å². The number of unbranched alkanes of at least 4 members (excludes halogenated alkanes) is 1. The van der Waals surface area contributed by atoms with Crippen LogP contribution in [0.15, 0.2) is 53.4 Å². The number of hydrogen-bond acceptors (Lipinski definition) is 5. The predicted octanol–water partition coefficient (Wildman–Crippen LogP) is 4.16. The highest BCUT2D eigenvalue weighted by Gasteiger charge is 2.34. The highest BCUT2D eigenvalue weighted by Crippen LogP contribution is 2.23. The van der Waals surface area contributed by atoms with E-state index in [4.69, 9.17) is 0 Å². The van der Waals surface area contributed by atoms with Gasteiger partial charge in [-0.05, 0) is 55.2 Å². The third-order valence-corrected chi connectivity index (χ3v) is 6.15. The fraction of sp³-hybridized carbons (Fsp3) is 0.286. The van der Waals surface area contributed by atoms with Gasteiger partial charge in [-0.1, -0.05) is 18.2 Å². The largest absolute Gasteiger partial charge is 0.325 e. The molecule has 1 aliphatic rings. The SMILES string of the molecule is CSc1cccc(NC(=O)CSCCCCN2C(=O)c3ccccc3C2=O)c1. The molecule has 0 bridgehead atoms. The monoisotopic (exact) mass is 414 g/mol. The van der Waals surface area contributed by atoms with Gasteiger partial charge in [-0.3, -0.25) is 19.3 Å². The van der Waals surface area contributed by atoms with E-state index >= 15 is 0 Å². The summed E-state index contributed by atoms with van der Waals surface area (Å²) in [5, 5.41) is 2.90. The average molecular weight is 415 g/mol. The Bertz CT molecular complexity index is 850. The standard InChI is InChI=1S/C21H22N2O3S2/c1-27-16-8-6-7-15(13-16)22-19(24)14-28-12-5-4-11-23-20(25)17-9-2-3-10-18(17)21(23)26/h2-3,6-10,13H,4-5,11-12,14H2,1H3,(H,22,24). The minimum absolute atomic E-state index is 0.0244. The number of imide groups is 1. The summed E-state index contributed by atoms with van der Waals surface area (Å²) in [7, 11) is 0. The molecule has 3 rings (SSSR count). The van der Waals surface area contributed by atoms with Crippen LogP contribution in [0.1, 0.15) is 33.6 Å². The maximum Gasteiger partial charge on any atom is 0.261 e. The maximum atomic E-state index is 12.3. The van der Waals surface area contributed by atoms with E-state index in [-0.39, 0.29) is 17.7 Å². The van der Waals surface area contributed by atoms with Gasteiger partial charge in [0, 0.05) is 17.1 Å². The zero-order valence-electron chi connectivity index (χ0n) is 15.6. The van der Waals surface area contributed by atoms with Crippen LogP contribution in [0.4, 0.5) is 5.69 Å². The van der Waals surface area contributed by atoms with Crippen molar-refractivity contribution >= 4 is 46.9 Å². The molecule has 0 atom stereocenters. The van der Waals surface area contributed by atoms with E-state index in [0.717, 1.165) is 29.2 Å². The van der Waals surface area contributed by atoms with E-state index < -0.39 is 0 Å². The third kappa shape index (κ3) is 4.97. The molecular weight excluding hydrogens is 392 g/mol. The van der Waals surface area contributed by atoms with E-state index in [2.05, 4.69) is 5.32 Å². The number of carbonyl (C=O) groups is 3. The third-order valence-electron chi connectivity index (χ3n) is 4.39. The lowest BCUT2D eigenvalue weighted by Gasteiger charge is -2.13. The molecule has 0 saturated heterocycles. The fourth-order valence-electron chi connectivity index (χ4n) is 2.98. The number of nitrogens with zero attached hydrogens (tertiary/aromatic N) is 1. The Morgan fingerprint density at radius 2 is 1.71 bits per heavy atom. The molecule has 7 heteroatoms. The molecule has 1 N–H and O–H groups in total. The van der Waals surface area contributed by atoms with Crippen molar-refractivity contribution in [2.24, 2.45) is 0 Å². The summed E-state index contributed by atoms with van der Waals surface area (Å²) in [5.74, 6) is 0.751. The molecule has 0 aromatic heterocycles. The van der Waals surface area contributed by atoms with Crippen LogP contribution in [0.25, 0.3) is 0 Å². The lowest BCUT2D eigenvalue weighted by molar-refractivity contribution is -0.113. The number of hydrogen-bond donors (Lipinski definition) is 1. The molecule has 28 heavy (non-hydrogen) atoms. The number of benzene rings is 2. The summed E-state index contributed by atoms with van der Waals surface area (Å²) in [4.78, 5) is 39.0. The Morgan fingerprint density at radius 3 is 2.39 bits per heavy atom. The van der Waals surface area contributed by atoms with Crippen molar-refractivity contribution in [3.63, 3.8) is 0 Å². The first-order valence-electron chi connectivity index (χ1n) is 9.07. The Labute approximate surface area is 173 Å². The number of amides is 3. The molecular formula is C21H22N2O3S2. The second kappa shape index (κ2) is 9.80. The number of anilines is 1. The quantitative estimate of drug-likeness (QED) is 0.379. The van der Waals surface area contributed by atoms with Crippen molar-refractivity contribution in [2.45, 2.75) is 17.7 Å². The van der Waals surface area contributed by atoms with Crippen molar-refractivity contribution in [1.29, 1.82) is 0 Å². The van der Waals surface area contributed by atoms with Crippen molar-refractivity contribution < 1.29 is 14.4 Å². The molecule has 1 aliphatic heterocycles. The molecule has 0 radical (unpaired) electrons. The summed E-state index contributed by atoms with van der Waals surface area (Å²) in [5.41, 5.74) is 1.79. The van der Waals surface area contributed by atoms with Gasteiger partial charge >= 0.3 is 0 Å². The fourth-order valence-corrected chi connectivity index (χ4v) is 4.25. The smallest absolute Gasteiger partial charge is 0.261 e. The first-order valence-corrected chi connectivity index (χ1v) is 11.4. The van der Waals surface area contributed by atoms with Gasteiger partial charge in [0.05, 0.1) is 16.9 Å². The van der Waals surface area contributed by atoms with Crippen LogP contribution in [0.5, 0.6) is 0 Å². The van der Waals surface area contributed by atoms with E-state index in [1.807, 2.05) is 30.5 Å². The number of rotatable bonds is 9. The highest BCUT2D eigenvalue weighted by atomic mass is 32.2. The molecule has 0 fully saturated rings. The zero-order chi connectivity index (χ0) is 19.9. The van der Waals surface area contributed by atoms with Crippen LogP contribution in [0.2, 0.25) is 0 Å². The molecule has 3 amide bonds. The van der Waals surface area contributed by atoms with Gasteiger partial charge in [0.2, 0.25) is 5.91 Å².